The molecule has 0 bridgehead atoms. The Morgan fingerprint density at radius 2 is 1.93 bits per heavy atom. The fourth-order valence-corrected chi connectivity index (χ4v) is 0.985. The molecule has 0 spiro atoms. The number of anilines is 1. The minimum atomic E-state index is -0.0788. The Bertz CT molecular complexity index is 314. The maximum atomic E-state index is 11.3. The maximum Gasteiger partial charge on any atom is 0.248 e. The predicted octanol–water partition coefficient (Wildman–Crippen LogP) is 2.84. The average molecular weight is 189 g/mol. The standard InChI is InChI=1S/C12H15NO/c1-10(2)8-9-12(14)13-11-6-4-3-5-7-11/h3-10H,1-2H3,(H,13,14)/b9-8-. The molecule has 1 rings (SSSR count). The van der Waals surface area contributed by atoms with Crippen molar-refractivity contribution in [2.75, 3.05) is 5.32 Å². The first-order chi connectivity index (χ1) is 6.68. The molecule has 2 heteroatoms. The highest BCUT2D eigenvalue weighted by Gasteiger charge is 1.95. The Morgan fingerprint density at radius 3 is 2.50 bits per heavy atom. The van der Waals surface area contributed by atoms with Crippen molar-refractivity contribution in [3.05, 3.63) is 42.5 Å². The molecule has 2 nitrogen and oxygen atoms in total. The van der Waals surface area contributed by atoms with Gasteiger partial charge in [-0.3, -0.25) is 4.79 Å². The van der Waals surface area contributed by atoms with Crippen LogP contribution >= 0.6 is 0 Å². The molecule has 0 aliphatic heterocycles. The van der Waals surface area contributed by atoms with Gasteiger partial charge in [0.2, 0.25) is 5.91 Å². The number of amides is 1. The molecule has 1 aromatic carbocycles. The monoisotopic (exact) mass is 189 g/mol. The summed E-state index contributed by atoms with van der Waals surface area (Å²) < 4.78 is 0. The van der Waals surface area contributed by atoms with Gasteiger partial charge in [0.25, 0.3) is 0 Å². The quantitative estimate of drug-likeness (QED) is 0.728. The van der Waals surface area contributed by atoms with Gasteiger partial charge in [-0.15, -0.1) is 0 Å². The summed E-state index contributed by atoms with van der Waals surface area (Å²) in [4.78, 5) is 11.3. The molecular formula is C12H15NO. The summed E-state index contributed by atoms with van der Waals surface area (Å²) in [5.41, 5.74) is 0.825. The minimum absolute atomic E-state index is 0.0788. The lowest BCUT2D eigenvalue weighted by molar-refractivity contribution is -0.111. The molecule has 1 amide bonds. The van der Waals surface area contributed by atoms with Crippen LogP contribution in [0.4, 0.5) is 5.69 Å². The van der Waals surface area contributed by atoms with Crippen LogP contribution in [0.1, 0.15) is 13.8 Å². The van der Waals surface area contributed by atoms with Gasteiger partial charge >= 0.3 is 0 Å². The van der Waals surface area contributed by atoms with Crippen LogP contribution < -0.4 is 5.32 Å². The maximum absolute atomic E-state index is 11.3. The number of allylic oxidation sites excluding steroid dienone is 1. The van der Waals surface area contributed by atoms with Gasteiger partial charge in [0.15, 0.2) is 0 Å². The predicted molar refractivity (Wildman–Crippen MR) is 59.0 cm³/mol. The zero-order chi connectivity index (χ0) is 10.4. The van der Waals surface area contributed by atoms with E-state index in [-0.39, 0.29) is 5.91 Å². The normalized spacial score (nSPS) is 10.8. The lowest BCUT2D eigenvalue weighted by Gasteiger charge is -2.00. The highest BCUT2D eigenvalue weighted by molar-refractivity contribution is 5.99. The molecule has 14 heavy (non-hydrogen) atoms. The van der Waals surface area contributed by atoms with Crippen molar-refractivity contribution >= 4 is 11.6 Å². The lowest BCUT2D eigenvalue weighted by atomic mass is 10.2. The van der Waals surface area contributed by atoms with Crippen molar-refractivity contribution in [2.24, 2.45) is 5.92 Å². The average Bonchev–Trinajstić information content (AvgIpc) is 2.16. The van der Waals surface area contributed by atoms with Crippen LogP contribution in [0.3, 0.4) is 0 Å². The Kier molecular flexibility index (Phi) is 3.92. The number of hydrogen-bond acceptors (Lipinski definition) is 1. The molecule has 0 aromatic heterocycles. The van der Waals surface area contributed by atoms with Crippen LogP contribution in [-0.4, -0.2) is 5.91 Å². The van der Waals surface area contributed by atoms with Gasteiger partial charge < -0.3 is 5.32 Å². The van der Waals surface area contributed by atoms with E-state index in [2.05, 4.69) is 5.32 Å². The summed E-state index contributed by atoms with van der Waals surface area (Å²) in [6.07, 6.45) is 3.44. The molecule has 0 saturated carbocycles. The van der Waals surface area contributed by atoms with Gasteiger partial charge in [-0.2, -0.15) is 0 Å². The van der Waals surface area contributed by atoms with E-state index in [9.17, 15) is 4.79 Å². The van der Waals surface area contributed by atoms with Gasteiger partial charge in [-0.05, 0) is 24.1 Å². The molecule has 0 aliphatic rings. The number of hydrogen-bond donors (Lipinski definition) is 1. The second-order valence-corrected chi connectivity index (χ2v) is 3.46. The number of benzene rings is 1. The fourth-order valence-electron chi connectivity index (χ4n) is 0.985. The molecule has 0 aliphatic carbocycles. The number of carbonyl (C=O) groups excluding carboxylic acids is 1. The van der Waals surface area contributed by atoms with Crippen molar-refractivity contribution in [3.8, 4) is 0 Å². The van der Waals surface area contributed by atoms with Gasteiger partial charge in [-0.25, -0.2) is 0 Å². The molecule has 0 radical (unpaired) electrons. The second kappa shape index (κ2) is 5.22. The van der Waals surface area contributed by atoms with E-state index in [1.165, 1.54) is 0 Å². The molecule has 1 aromatic rings. The number of para-hydroxylation sites is 1. The second-order valence-electron chi connectivity index (χ2n) is 3.46. The largest absolute Gasteiger partial charge is 0.323 e. The topological polar surface area (TPSA) is 29.1 Å². The first-order valence-corrected chi connectivity index (χ1v) is 4.72. The van der Waals surface area contributed by atoms with Crippen LogP contribution in [0.2, 0.25) is 0 Å². The van der Waals surface area contributed by atoms with E-state index in [1.807, 2.05) is 50.3 Å². The van der Waals surface area contributed by atoms with Crippen LogP contribution in [0.25, 0.3) is 0 Å². The Labute approximate surface area is 84.6 Å². The van der Waals surface area contributed by atoms with Crippen molar-refractivity contribution in [2.45, 2.75) is 13.8 Å². The number of nitrogens with one attached hydrogen (secondary N) is 1. The summed E-state index contributed by atoms with van der Waals surface area (Å²) in [6.45, 7) is 4.07. The molecule has 0 atom stereocenters. The zero-order valence-corrected chi connectivity index (χ0v) is 8.53. The third-order valence-electron chi connectivity index (χ3n) is 1.67. The number of rotatable bonds is 3. The lowest BCUT2D eigenvalue weighted by Crippen LogP contribution is -2.07. The molecule has 74 valence electrons. The van der Waals surface area contributed by atoms with E-state index >= 15 is 0 Å². The summed E-state index contributed by atoms with van der Waals surface area (Å²) in [5.74, 6) is 0.321. The summed E-state index contributed by atoms with van der Waals surface area (Å²) in [5, 5.41) is 2.77. The van der Waals surface area contributed by atoms with Crippen LogP contribution in [0, 0.1) is 5.92 Å². The van der Waals surface area contributed by atoms with Gasteiger partial charge in [0, 0.05) is 5.69 Å². The summed E-state index contributed by atoms with van der Waals surface area (Å²) in [7, 11) is 0. The van der Waals surface area contributed by atoms with E-state index < -0.39 is 0 Å². The SMILES string of the molecule is CC(C)/C=C\C(=O)Nc1ccccc1. The van der Waals surface area contributed by atoms with Crippen LogP contribution in [-0.2, 0) is 4.79 Å². The van der Waals surface area contributed by atoms with Crippen molar-refractivity contribution < 1.29 is 4.79 Å². The summed E-state index contributed by atoms with van der Waals surface area (Å²) >= 11 is 0. The Hall–Kier alpha value is -1.57. The van der Waals surface area contributed by atoms with E-state index in [1.54, 1.807) is 6.08 Å². The van der Waals surface area contributed by atoms with E-state index in [0.717, 1.165) is 5.69 Å². The number of carbonyl (C=O) groups is 1. The van der Waals surface area contributed by atoms with E-state index in [4.69, 9.17) is 0 Å². The highest BCUT2D eigenvalue weighted by Crippen LogP contribution is 2.04. The van der Waals surface area contributed by atoms with Gasteiger partial charge in [0.05, 0.1) is 0 Å². The molecule has 0 unspecified atom stereocenters. The molecule has 0 saturated heterocycles. The van der Waals surface area contributed by atoms with Crippen molar-refractivity contribution in [1.29, 1.82) is 0 Å². The summed E-state index contributed by atoms with van der Waals surface area (Å²) in [6, 6.07) is 9.42. The van der Waals surface area contributed by atoms with Crippen LogP contribution in [0.5, 0.6) is 0 Å². The molecule has 1 N–H and O–H groups in total. The van der Waals surface area contributed by atoms with Crippen molar-refractivity contribution in [3.63, 3.8) is 0 Å². The molecular weight excluding hydrogens is 174 g/mol. The highest BCUT2D eigenvalue weighted by atomic mass is 16.1. The Morgan fingerprint density at radius 1 is 1.29 bits per heavy atom. The van der Waals surface area contributed by atoms with Gasteiger partial charge in [-0.1, -0.05) is 38.1 Å². The first kappa shape index (κ1) is 10.5. The van der Waals surface area contributed by atoms with Gasteiger partial charge in [0.1, 0.15) is 0 Å². The van der Waals surface area contributed by atoms with E-state index in [0.29, 0.717) is 5.92 Å². The third-order valence-corrected chi connectivity index (χ3v) is 1.67. The van der Waals surface area contributed by atoms with Crippen molar-refractivity contribution in [1.82, 2.24) is 0 Å². The zero-order valence-electron chi connectivity index (χ0n) is 8.53. The minimum Gasteiger partial charge on any atom is -0.323 e. The first-order valence-electron chi connectivity index (χ1n) is 4.72. The van der Waals surface area contributed by atoms with Crippen LogP contribution in [0.15, 0.2) is 42.5 Å². The molecule has 0 heterocycles. The smallest absolute Gasteiger partial charge is 0.248 e. The Balaban J connectivity index is 2.50. The fraction of sp³-hybridized carbons (Fsp3) is 0.250. The molecule has 0 fully saturated rings. The third kappa shape index (κ3) is 3.90.